The number of hydrogen-bond acceptors (Lipinski definition) is 7. The second kappa shape index (κ2) is 13.4. The van der Waals surface area contributed by atoms with Gasteiger partial charge < -0.3 is 20.8 Å². The van der Waals surface area contributed by atoms with Crippen LogP contribution in [-0.2, 0) is 4.79 Å². The zero-order valence-corrected chi connectivity index (χ0v) is 24.8. The van der Waals surface area contributed by atoms with Crippen LogP contribution in [0.15, 0.2) is 107 Å². The largest absolute Gasteiger partial charge is 0.478 e. The summed E-state index contributed by atoms with van der Waals surface area (Å²) in [5, 5.41) is 26.0. The number of carboxylic acid groups (broad SMARTS) is 2. The zero-order valence-electron chi connectivity index (χ0n) is 23.2. The van der Waals surface area contributed by atoms with Crippen molar-refractivity contribution in [1.29, 1.82) is 0 Å². The molecule has 44 heavy (non-hydrogen) atoms. The highest BCUT2D eigenvalue weighted by Gasteiger charge is 2.24. The predicted molar refractivity (Wildman–Crippen MR) is 171 cm³/mol. The number of hydrogen-bond donors (Lipinski definition) is 4. The molecule has 0 aliphatic heterocycles. The van der Waals surface area contributed by atoms with Gasteiger partial charge in [0.25, 0.3) is 5.91 Å². The smallest absolute Gasteiger partial charge is 0.336 e. The molecule has 5 rings (SSSR count). The van der Waals surface area contributed by atoms with E-state index in [-0.39, 0.29) is 17.0 Å². The van der Waals surface area contributed by atoms with Crippen molar-refractivity contribution in [3.63, 3.8) is 0 Å². The molecule has 0 fully saturated rings. The molecule has 1 atom stereocenters. The first-order chi connectivity index (χ1) is 21.2. The monoisotopic (exact) mass is 623 g/mol. The quantitative estimate of drug-likeness (QED) is 0.119. The van der Waals surface area contributed by atoms with Gasteiger partial charge >= 0.3 is 11.9 Å². The fourth-order valence-electron chi connectivity index (χ4n) is 4.26. The molecule has 4 N–H and O–H groups in total. The maximum atomic E-state index is 13.5. The molecule has 0 spiro atoms. The number of carboxylic acids is 2. The van der Waals surface area contributed by atoms with Crippen molar-refractivity contribution in [2.45, 2.75) is 17.1 Å². The average Bonchev–Trinajstić information content (AvgIpc) is 3.49. The molecule has 2 amide bonds. The van der Waals surface area contributed by atoms with Gasteiger partial charge in [0.2, 0.25) is 5.91 Å². The summed E-state index contributed by atoms with van der Waals surface area (Å²) < 4.78 is 0. The number of amides is 2. The van der Waals surface area contributed by atoms with Crippen LogP contribution in [0.1, 0.15) is 47.5 Å². The van der Waals surface area contributed by atoms with Crippen LogP contribution in [0.4, 0.5) is 10.8 Å². The highest BCUT2D eigenvalue weighted by Crippen LogP contribution is 2.37. The average molecular weight is 624 g/mol. The molecule has 11 heteroatoms. The lowest BCUT2D eigenvalue weighted by Crippen LogP contribution is -2.19. The molecule has 1 unspecified atom stereocenters. The number of nitrogens with one attached hydrogen (secondary N) is 2. The van der Waals surface area contributed by atoms with Crippen molar-refractivity contribution >= 4 is 57.7 Å². The molecule has 0 saturated carbocycles. The summed E-state index contributed by atoms with van der Waals surface area (Å²) in [5.74, 6) is -3.66. The van der Waals surface area contributed by atoms with Crippen LogP contribution in [-0.4, -0.2) is 39.0 Å². The summed E-state index contributed by atoms with van der Waals surface area (Å²) in [4.78, 5) is 54.6. The molecule has 5 aromatic rings. The summed E-state index contributed by atoms with van der Waals surface area (Å²) in [6.45, 7) is 2.02. The number of carbonyl (C=O) groups is 4. The van der Waals surface area contributed by atoms with Gasteiger partial charge in [-0.25, -0.2) is 14.6 Å². The molecule has 1 heterocycles. The minimum absolute atomic E-state index is 0.172. The van der Waals surface area contributed by atoms with Gasteiger partial charge in [-0.1, -0.05) is 60.2 Å². The molecular weight excluding hydrogens is 599 g/mol. The minimum atomic E-state index is -1.42. The highest BCUT2D eigenvalue weighted by atomic mass is 32.2. The Morgan fingerprint density at radius 1 is 0.795 bits per heavy atom. The van der Waals surface area contributed by atoms with Gasteiger partial charge in [0.05, 0.1) is 22.4 Å². The third-order valence-corrected chi connectivity index (χ3v) is 8.55. The second-order valence-electron chi connectivity index (χ2n) is 9.65. The Morgan fingerprint density at radius 2 is 1.50 bits per heavy atom. The Bertz CT molecular complexity index is 1840. The molecular formula is C33H25N3O6S2. The highest BCUT2D eigenvalue weighted by molar-refractivity contribution is 8.00. The number of carbonyl (C=O) groups excluding carboxylic acids is 2. The number of anilines is 2. The molecule has 0 saturated heterocycles. The number of aryl methyl sites for hydroxylation is 1. The van der Waals surface area contributed by atoms with Crippen molar-refractivity contribution in [1.82, 2.24) is 4.98 Å². The molecule has 0 radical (unpaired) electrons. The summed E-state index contributed by atoms with van der Waals surface area (Å²) in [7, 11) is 0. The lowest BCUT2D eigenvalue weighted by Gasteiger charge is -2.16. The number of nitrogens with zero attached hydrogens (tertiary/aromatic N) is 1. The molecule has 1 aromatic heterocycles. The lowest BCUT2D eigenvalue weighted by atomic mass is 10.0. The van der Waals surface area contributed by atoms with E-state index in [2.05, 4.69) is 15.6 Å². The fraction of sp³-hybridized carbons (Fsp3) is 0.0606. The predicted octanol–water partition coefficient (Wildman–Crippen LogP) is 7.24. The first-order valence-corrected chi connectivity index (χ1v) is 15.0. The number of benzene rings is 4. The third kappa shape index (κ3) is 7.20. The van der Waals surface area contributed by atoms with Crippen LogP contribution in [0.3, 0.4) is 0 Å². The SMILES string of the molecule is Cc1ccc(-c2csc(NC(=O)C(Sc3ccc(NC(=O)c4ccc(C(=O)O)cc4C(=O)O)cc3)c3ccccc3)n2)cc1. The van der Waals surface area contributed by atoms with Gasteiger partial charge in [0.1, 0.15) is 5.25 Å². The summed E-state index contributed by atoms with van der Waals surface area (Å²) in [6.07, 6.45) is 0. The van der Waals surface area contributed by atoms with Gasteiger partial charge in [-0.2, -0.15) is 0 Å². The van der Waals surface area contributed by atoms with Gasteiger partial charge in [-0.05, 0) is 55.0 Å². The number of aromatic carboxylic acids is 2. The van der Waals surface area contributed by atoms with Crippen LogP contribution in [0, 0.1) is 6.92 Å². The maximum absolute atomic E-state index is 13.5. The third-order valence-electron chi connectivity index (χ3n) is 6.53. The Morgan fingerprint density at radius 3 is 2.16 bits per heavy atom. The van der Waals surface area contributed by atoms with Crippen LogP contribution < -0.4 is 10.6 Å². The van der Waals surface area contributed by atoms with Crippen LogP contribution >= 0.6 is 23.1 Å². The normalized spacial score (nSPS) is 11.4. The van der Waals surface area contributed by atoms with E-state index in [1.807, 2.05) is 66.9 Å². The number of thiazole rings is 1. The van der Waals surface area contributed by atoms with E-state index in [1.54, 1.807) is 24.3 Å². The topological polar surface area (TPSA) is 146 Å². The molecule has 0 aliphatic carbocycles. The Kier molecular flexibility index (Phi) is 9.17. The Hall–Kier alpha value is -5.26. The van der Waals surface area contributed by atoms with E-state index < -0.39 is 28.7 Å². The van der Waals surface area contributed by atoms with Crippen molar-refractivity contribution in [3.8, 4) is 11.3 Å². The van der Waals surface area contributed by atoms with E-state index in [0.717, 1.165) is 33.3 Å². The fourth-order valence-corrected chi connectivity index (χ4v) is 6.01. The zero-order chi connectivity index (χ0) is 31.2. The van der Waals surface area contributed by atoms with E-state index in [9.17, 15) is 24.3 Å². The maximum Gasteiger partial charge on any atom is 0.336 e. The second-order valence-corrected chi connectivity index (χ2v) is 11.7. The van der Waals surface area contributed by atoms with Crippen molar-refractivity contribution in [2.24, 2.45) is 0 Å². The van der Waals surface area contributed by atoms with E-state index >= 15 is 0 Å². The van der Waals surface area contributed by atoms with E-state index in [4.69, 9.17) is 5.11 Å². The number of rotatable bonds is 10. The molecule has 0 bridgehead atoms. The van der Waals surface area contributed by atoms with Crippen molar-refractivity contribution < 1.29 is 29.4 Å². The van der Waals surface area contributed by atoms with Gasteiger partial charge in [-0.3, -0.25) is 9.59 Å². The molecule has 4 aromatic carbocycles. The van der Waals surface area contributed by atoms with Gasteiger partial charge in [0.15, 0.2) is 5.13 Å². The van der Waals surface area contributed by atoms with Crippen LogP contribution in [0.5, 0.6) is 0 Å². The Balaban J connectivity index is 1.30. The lowest BCUT2D eigenvalue weighted by molar-refractivity contribution is -0.115. The summed E-state index contributed by atoms with van der Waals surface area (Å²) >= 11 is 2.68. The first kappa shape index (κ1) is 30.2. The summed E-state index contributed by atoms with van der Waals surface area (Å²) in [5.41, 5.74) is 3.25. The number of thioether (sulfide) groups is 1. The van der Waals surface area contributed by atoms with Crippen LogP contribution in [0.2, 0.25) is 0 Å². The van der Waals surface area contributed by atoms with Crippen LogP contribution in [0.25, 0.3) is 11.3 Å². The molecule has 9 nitrogen and oxygen atoms in total. The van der Waals surface area contributed by atoms with Crippen molar-refractivity contribution in [2.75, 3.05) is 10.6 Å². The van der Waals surface area contributed by atoms with Gasteiger partial charge in [0, 0.05) is 21.5 Å². The standard InChI is InChI=1S/C33H25N3O6S2/c1-19-7-9-20(10-8-19)27-18-43-33(35-27)36-30(38)28(21-5-3-2-4-6-21)44-24-14-12-23(13-15-24)34-29(37)25-16-11-22(31(39)40)17-26(25)32(41)42/h2-18,28H,1H3,(H,34,37)(H,39,40)(H,41,42)(H,35,36,38). The summed E-state index contributed by atoms with van der Waals surface area (Å²) in [6, 6.07) is 27.4. The van der Waals surface area contributed by atoms with Gasteiger partial charge in [-0.15, -0.1) is 23.1 Å². The first-order valence-electron chi connectivity index (χ1n) is 13.2. The van der Waals surface area contributed by atoms with E-state index in [0.29, 0.717) is 10.8 Å². The number of aromatic nitrogens is 1. The molecule has 0 aliphatic rings. The minimum Gasteiger partial charge on any atom is -0.478 e. The van der Waals surface area contributed by atoms with E-state index in [1.165, 1.54) is 35.2 Å². The van der Waals surface area contributed by atoms with Crippen molar-refractivity contribution in [3.05, 3.63) is 130 Å². The Labute approximate surface area is 260 Å². The molecule has 220 valence electrons.